The molecule has 0 spiro atoms. The zero-order valence-electron chi connectivity index (χ0n) is 15.7. The summed E-state index contributed by atoms with van der Waals surface area (Å²) in [6.07, 6.45) is 1.72. The van der Waals surface area contributed by atoms with Crippen molar-refractivity contribution in [3.8, 4) is 0 Å². The van der Waals surface area contributed by atoms with Crippen LogP contribution in [0.4, 0.5) is 0 Å². The Balaban J connectivity index is 1.63. The Morgan fingerprint density at radius 3 is 2.50 bits per heavy atom. The van der Waals surface area contributed by atoms with E-state index in [-0.39, 0.29) is 5.91 Å². The highest BCUT2D eigenvalue weighted by atomic mass is 35.5. The minimum absolute atomic E-state index is 0.0379. The normalized spacial score (nSPS) is 14.8. The summed E-state index contributed by atoms with van der Waals surface area (Å²) in [6.45, 7) is 5.30. The first-order chi connectivity index (χ1) is 13.5. The van der Waals surface area contributed by atoms with Crippen molar-refractivity contribution in [3.05, 3.63) is 70.2 Å². The van der Waals surface area contributed by atoms with Gasteiger partial charge in [0.1, 0.15) is 5.69 Å². The molecule has 0 bridgehead atoms. The molecule has 0 aliphatic carbocycles. The first kappa shape index (κ1) is 21.0. The predicted molar refractivity (Wildman–Crippen MR) is 115 cm³/mol. The molecule has 1 fully saturated rings. The number of carbonyl (C=O) groups is 1. The molecule has 148 valence electrons. The molecular weight excluding hydrogens is 415 g/mol. The molecule has 2 heterocycles. The second-order valence-electron chi connectivity index (χ2n) is 6.59. The van der Waals surface area contributed by atoms with Gasteiger partial charge in [0.2, 0.25) is 0 Å². The van der Waals surface area contributed by atoms with Crippen molar-refractivity contribution < 1.29 is 9.53 Å². The molecule has 1 aromatic carbocycles. The van der Waals surface area contributed by atoms with Gasteiger partial charge in [0.25, 0.3) is 5.91 Å². The van der Waals surface area contributed by atoms with Crippen molar-refractivity contribution >= 4 is 40.9 Å². The summed E-state index contributed by atoms with van der Waals surface area (Å²) in [4.78, 5) is 20.1. The Hall–Kier alpha value is -1.69. The number of hydrogen-bond donors (Lipinski definition) is 0. The van der Waals surface area contributed by atoms with Gasteiger partial charge in [-0.2, -0.15) is 0 Å². The number of benzene rings is 1. The Morgan fingerprint density at radius 2 is 1.86 bits per heavy atom. The molecule has 7 heteroatoms. The van der Waals surface area contributed by atoms with Gasteiger partial charge >= 0.3 is 0 Å². The number of hydrogen-bond acceptors (Lipinski definition) is 4. The van der Waals surface area contributed by atoms with Crippen molar-refractivity contribution in [2.45, 2.75) is 23.5 Å². The molecule has 28 heavy (non-hydrogen) atoms. The van der Waals surface area contributed by atoms with Gasteiger partial charge in [-0.05, 0) is 37.1 Å². The average Bonchev–Trinajstić information content (AvgIpc) is 2.72. The molecule has 0 radical (unpaired) electrons. The van der Waals surface area contributed by atoms with Crippen molar-refractivity contribution in [3.63, 3.8) is 0 Å². The summed E-state index contributed by atoms with van der Waals surface area (Å²) in [5.74, 6) is 1.65. The Morgan fingerprint density at radius 1 is 1.21 bits per heavy atom. The van der Waals surface area contributed by atoms with Gasteiger partial charge < -0.3 is 9.64 Å². The lowest BCUT2D eigenvalue weighted by Gasteiger charge is -2.32. The van der Waals surface area contributed by atoms with Gasteiger partial charge in [-0.1, -0.05) is 41.9 Å². The number of rotatable bonds is 6. The summed E-state index contributed by atoms with van der Waals surface area (Å²) in [5.41, 5.74) is 1.28. The largest absolute Gasteiger partial charge is 0.501 e. The number of aromatic nitrogens is 1. The maximum absolute atomic E-state index is 12.8. The standard InChI is InChI=1S/C21H22Cl2N2O2S/c1-14(27-2)15-9-11-25(12-10-15)21(26)19-8-3-5-16(24-19)13-28-20-17(22)6-4-7-18(20)23/h3-8,15H,1,9-13H2,2H3. The van der Waals surface area contributed by atoms with E-state index in [1.54, 1.807) is 13.2 Å². The SMILES string of the molecule is C=C(OC)C1CCN(C(=O)c2cccc(CSc3c(Cl)cccc3Cl)n2)CC1. The summed E-state index contributed by atoms with van der Waals surface area (Å²) in [7, 11) is 1.64. The predicted octanol–water partition coefficient (Wildman–Crippen LogP) is 5.69. The lowest BCUT2D eigenvalue weighted by atomic mass is 9.95. The van der Waals surface area contributed by atoms with E-state index in [2.05, 4.69) is 11.6 Å². The zero-order valence-corrected chi connectivity index (χ0v) is 18.0. The van der Waals surface area contributed by atoms with E-state index in [1.807, 2.05) is 35.2 Å². The Bertz CT molecular complexity index is 847. The van der Waals surface area contributed by atoms with Crippen LogP contribution in [0.15, 0.2) is 53.6 Å². The second kappa shape index (κ2) is 9.68. The number of likely N-dealkylation sites (tertiary alicyclic amines) is 1. The number of ether oxygens (including phenoxy) is 1. The molecule has 1 aliphatic rings. The van der Waals surface area contributed by atoms with Crippen LogP contribution in [0.2, 0.25) is 10.0 Å². The highest BCUT2D eigenvalue weighted by Gasteiger charge is 2.26. The molecule has 3 rings (SSSR count). The third-order valence-electron chi connectivity index (χ3n) is 4.81. The maximum atomic E-state index is 12.8. The topological polar surface area (TPSA) is 42.4 Å². The number of nitrogens with zero attached hydrogens (tertiary/aromatic N) is 2. The smallest absolute Gasteiger partial charge is 0.272 e. The van der Waals surface area contributed by atoms with Gasteiger partial charge in [-0.15, -0.1) is 11.8 Å². The highest BCUT2D eigenvalue weighted by Crippen LogP contribution is 2.35. The van der Waals surface area contributed by atoms with Gasteiger partial charge in [-0.3, -0.25) is 4.79 Å². The number of allylic oxidation sites excluding steroid dienone is 1. The molecular formula is C21H22Cl2N2O2S. The second-order valence-corrected chi connectivity index (χ2v) is 8.39. The number of carbonyl (C=O) groups excluding carboxylic acids is 1. The molecule has 4 nitrogen and oxygen atoms in total. The van der Waals surface area contributed by atoms with Crippen LogP contribution < -0.4 is 0 Å². The fraction of sp³-hybridized carbons (Fsp3) is 0.333. The summed E-state index contributed by atoms with van der Waals surface area (Å²) in [5, 5.41) is 1.23. The van der Waals surface area contributed by atoms with Crippen LogP contribution in [0.25, 0.3) is 0 Å². The molecule has 0 atom stereocenters. The quantitative estimate of drug-likeness (QED) is 0.430. The molecule has 0 unspecified atom stereocenters. The van der Waals surface area contributed by atoms with Gasteiger partial charge in [-0.25, -0.2) is 4.98 Å². The number of thioether (sulfide) groups is 1. The number of piperidine rings is 1. The van der Waals surface area contributed by atoms with E-state index in [0.717, 1.165) is 29.2 Å². The van der Waals surface area contributed by atoms with Crippen LogP contribution >= 0.6 is 35.0 Å². The number of amides is 1. The molecule has 1 aliphatic heterocycles. The minimum atomic E-state index is -0.0379. The van der Waals surface area contributed by atoms with E-state index in [1.165, 1.54) is 11.8 Å². The minimum Gasteiger partial charge on any atom is -0.501 e. The van der Waals surface area contributed by atoms with Gasteiger partial charge in [0.05, 0.1) is 28.6 Å². The van der Waals surface area contributed by atoms with Crippen LogP contribution in [0.3, 0.4) is 0 Å². The molecule has 1 aromatic heterocycles. The van der Waals surface area contributed by atoms with E-state index >= 15 is 0 Å². The summed E-state index contributed by atoms with van der Waals surface area (Å²) in [6, 6.07) is 11.0. The molecule has 1 amide bonds. The van der Waals surface area contributed by atoms with Crippen molar-refractivity contribution in [1.29, 1.82) is 0 Å². The average molecular weight is 437 g/mol. The van der Waals surface area contributed by atoms with Crippen LogP contribution in [-0.2, 0) is 10.5 Å². The fourth-order valence-electron chi connectivity index (χ4n) is 3.18. The molecule has 0 saturated carbocycles. The highest BCUT2D eigenvalue weighted by molar-refractivity contribution is 7.98. The first-order valence-electron chi connectivity index (χ1n) is 9.04. The van der Waals surface area contributed by atoms with Crippen LogP contribution in [0, 0.1) is 5.92 Å². The lowest BCUT2D eigenvalue weighted by Crippen LogP contribution is -2.39. The molecule has 1 saturated heterocycles. The summed E-state index contributed by atoms with van der Waals surface area (Å²) < 4.78 is 5.23. The third-order valence-corrected chi connectivity index (χ3v) is 6.83. The van der Waals surface area contributed by atoms with Crippen molar-refractivity contribution in [2.24, 2.45) is 5.92 Å². The maximum Gasteiger partial charge on any atom is 0.272 e. The van der Waals surface area contributed by atoms with E-state index in [0.29, 0.717) is 40.5 Å². The molecule has 2 aromatic rings. The monoisotopic (exact) mass is 436 g/mol. The third kappa shape index (κ3) is 5.02. The summed E-state index contributed by atoms with van der Waals surface area (Å²) >= 11 is 14.0. The van der Waals surface area contributed by atoms with E-state index < -0.39 is 0 Å². The van der Waals surface area contributed by atoms with Crippen LogP contribution in [-0.4, -0.2) is 36.0 Å². The Labute approximate surface area is 179 Å². The van der Waals surface area contributed by atoms with Gasteiger partial charge in [0, 0.05) is 29.7 Å². The molecule has 0 N–H and O–H groups in total. The fourth-order valence-corrected chi connectivity index (χ4v) is 4.77. The van der Waals surface area contributed by atoms with Gasteiger partial charge in [0.15, 0.2) is 0 Å². The van der Waals surface area contributed by atoms with E-state index in [4.69, 9.17) is 27.9 Å². The van der Waals surface area contributed by atoms with E-state index in [9.17, 15) is 4.79 Å². The first-order valence-corrected chi connectivity index (χ1v) is 10.8. The van der Waals surface area contributed by atoms with Crippen molar-refractivity contribution in [2.75, 3.05) is 20.2 Å². The van der Waals surface area contributed by atoms with Crippen LogP contribution in [0.5, 0.6) is 0 Å². The Kier molecular flexibility index (Phi) is 7.27. The number of pyridine rings is 1. The van der Waals surface area contributed by atoms with Crippen LogP contribution in [0.1, 0.15) is 29.0 Å². The number of methoxy groups -OCH3 is 1. The lowest BCUT2D eigenvalue weighted by molar-refractivity contribution is 0.0672. The zero-order chi connectivity index (χ0) is 20.1. The van der Waals surface area contributed by atoms with Crippen molar-refractivity contribution in [1.82, 2.24) is 9.88 Å². The number of halogens is 2.